The molecule has 0 bridgehead atoms. The van der Waals surface area contributed by atoms with Crippen LogP contribution in [0.2, 0.25) is 5.02 Å². The summed E-state index contributed by atoms with van der Waals surface area (Å²) in [5.74, 6) is 1.42. The first kappa shape index (κ1) is 16.8. The molecule has 0 radical (unpaired) electrons. The van der Waals surface area contributed by atoms with E-state index in [4.69, 9.17) is 21.6 Å². The number of halogens is 1. The Morgan fingerprint density at radius 3 is 2.35 bits per heavy atom. The van der Waals surface area contributed by atoms with Gasteiger partial charge >= 0.3 is 0 Å². The molecule has 1 aliphatic heterocycles. The number of hydrogen-bond donors (Lipinski definition) is 0. The maximum absolute atomic E-state index is 13.0. The second-order valence-corrected chi connectivity index (χ2v) is 6.92. The standard InChI is InChI=1S/C20H19ClN4O/c1-24-11-4-12-25(18(26)13-14-7-9-15(21)10-8-14)20-19(24)22-16-5-2-3-6-17(16)23-20/h2-3,5-10H,4,11-13H2,1H3. The van der Waals surface area contributed by atoms with E-state index in [0.717, 1.165) is 35.4 Å². The van der Waals surface area contributed by atoms with Gasteiger partial charge in [-0.2, -0.15) is 0 Å². The minimum Gasteiger partial charge on any atom is -0.357 e. The molecule has 0 atom stereocenters. The van der Waals surface area contributed by atoms with Gasteiger partial charge in [-0.3, -0.25) is 9.69 Å². The zero-order valence-corrected chi connectivity index (χ0v) is 15.3. The fourth-order valence-corrected chi connectivity index (χ4v) is 3.34. The Hall–Kier alpha value is -2.66. The molecule has 3 aromatic rings. The molecule has 1 aliphatic rings. The second kappa shape index (κ2) is 6.92. The summed E-state index contributed by atoms with van der Waals surface area (Å²) >= 11 is 5.94. The van der Waals surface area contributed by atoms with Gasteiger partial charge in [0.25, 0.3) is 0 Å². The number of rotatable bonds is 2. The zero-order chi connectivity index (χ0) is 18.1. The Kier molecular flexibility index (Phi) is 4.47. The lowest BCUT2D eigenvalue weighted by atomic mass is 10.1. The lowest BCUT2D eigenvalue weighted by Crippen LogP contribution is -2.33. The molecule has 0 saturated heterocycles. The summed E-state index contributed by atoms with van der Waals surface area (Å²) < 4.78 is 0. The minimum absolute atomic E-state index is 0.0217. The van der Waals surface area contributed by atoms with Gasteiger partial charge in [0.05, 0.1) is 17.5 Å². The van der Waals surface area contributed by atoms with E-state index in [-0.39, 0.29) is 5.91 Å². The molecule has 132 valence electrons. The van der Waals surface area contributed by atoms with Gasteiger partial charge in [-0.15, -0.1) is 0 Å². The predicted molar refractivity (Wildman–Crippen MR) is 105 cm³/mol. The summed E-state index contributed by atoms with van der Waals surface area (Å²) in [6.45, 7) is 1.47. The second-order valence-electron chi connectivity index (χ2n) is 6.48. The first-order valence-electron chi connectivity index (χ1n) is 8.64. The van der Waals surface area contributed by atoms with Gasteiger partial charge in [0, 0.05) is 25.2 Å². The third-order valence-corrected chi connectivity index (χ3v) is 4.85. The summed E-state index contributed by atoms with van der Waals surface area (Å²) in [5.41, 5.74) is 2.57. The lowest BCUT2D eigenvalue weighted by Gasteiger charge is -2.23. The quantitative estimate of drug-likeness (QED) is 0.694. The number of amides is 1. The van der Waals surface area contributed by atoms with E-state index in [1.165, 1.54) is 0 Å². The molecule has 2 heterocycles. The van der Waals surface area contributed by atoms with Gasteiger partial charge in [-0.25, -0.2) is 9.97 Å². The highest BCUT2D eigenvalue weighted by Crippen LogP contribution is 2.30. The van der Waals surface area contributed by atoms with Crippen LogP contribution in [0.3, 0.4) is 0 Å². The predicted octanol–water partition coefficient (Wildman–Crippen LogP) is 3.70. The molecule has 0 N–H and O–H groups in total. The SMILES string of the molecule is CN1CCCN(C(=O)Cc2ccc(Cl)cc2)c2nc3ccccc3nc21. The van der Waals surface area contributed by atoms with Crippen LogP contribution in [0.4, 0.5) is 11.6 Å². The Balaban J connectivity index is 1.72. The fourth-order valence-electron chi connectivity index (χ4n) is 3.21. The van der Waals surface area contributed by atoms with Crippen molar-refractivity contribution in [1.29, 1.82) is 0 Å². The normalized spacial score (nSPS) is 14.2. The largest absolute Gasteiger partial charge is 0.357 e. The minimum atomic E-state index is 0.0217. The first-order valence-corrected chi connectivity index (χ1v) is 9.02. The van der Waals surface area contributed by atoms with Crippen LogP contribution in [-0.2, 0) is 11.2 Å². The topological polar surface area (TPSA) is 49.3 Å². The number of benzene rings is 2. The molecule has 6 heteroatoms. The monoisotopic (exact) mass is 366 g/mol. The van der Waals surface area contributed by atoms with Crippen LogP contribution in [0.1, 0.15) is 12.0 Å². The molecule has 0 fully saturated rings. The molecule has 0 aliphatic carbocycles. The van der Waals surface area contributed by atoms with Crippen molar-refractivity contribution in [3.05, 3.63) is 59.1 Å². The Labute approximate surface area is 157 Å². The van der Waals surface area contributed by atoms with E-state index in [9.17, 15) is 4.79 Å². The molecular weight excluding hydrogens is 348 g/mol. The summed E-state index contributed by atoms with van der Waals surface area (Å²) in [7, 11) is 2.00. The van der Waals surface area contributed by atoms with Gasteiger partial charge in [0.15, 0.2) is 11.6 Å². The smallest absolute Gasteiger partial charge is 0.232 e. The molecule has 5 nitrogen and oxygen atoms in total. The van der Waals surface area contributed by atoms with E-state index in [0.29, 0.717) is 23.8 Å². The summed E-state index contributed by atoms with van der Waals surface area (Å²) in [6, 6.07) is 15.1. The number of anilines is 2. The van der Waals surface area contributed by atoms with Crippen LogP contribution in [0, 0.1) is 0 Å². The number of carbonyl (C=O) groups is 1. The highest BCUT2D eigenvalue weighted by atomic mass is 35.5. The molecule has 4 rings (SSSR count). The van der Waals surface area contributed by atoms with Gasteiger partial charge in [0.2, 0.25) is 5.91 Å². The zero-order valence-electron chi connectivity index (χ0n) is 14.5. The van der Waals surface area contributed by atoms with Gasteiger partial charge in [0.1, 0.15) is 0 Å². The maximum atomic E-state index is 13.0. The van der Waals surface area contributed by atoms with Crippen molar-refractivity contribution < 1.29 is 4.79 Å². The van der Waals surface area contributed by atoms with Crippen LogP contribution in [0.25, 0.3) is 11.0 Å². The van der Waals surface area contributed by atoms with Crippen molar-refractivity contribution in [2.24, 2.45) is 0 Å². The number of fused-ring (bicyclic) bond motifs is 2. The van der Waals surface area contributed by atoms with E-state index < -0.39 is 0 Å². The van der Waals surface area contributed by atoms with Crippen molar-refractivity contribution >= 4 is 40.2 Å². The Bertz CT molecular complexity index is 958. The van der Waals surface area contributed by atoms with Crippen LogP contribution in [-0.4, -0.2) is 36.0 Å². The molecule has 0 saturated carbocycles. The average Bonchev–Trinajstić information content (AvgIpc) is 2.81. The van der Waals surface area contributed by atoms with Crippen molar-refractivity contribution in [2.45, 2.75) is 12.8 Å². The summed E-state index contributed by atoms with van der Waals surface area (Å²) in [6.07, 6.45) is 1.19. The molecular formula is C20H19ClN4O. The van der Waals surface area contributed by atoms with Crippen molar-refractivity contribution in [3.63, 3.8) is 0 Å². The highest BCUT2D eigenvalue weighted by Gasteiger charge is 2.26. The van der Waals surface area contributed by atoms with E-state index in [1.807, 2.05) is 55.6 Å². The number of carbonyl (C=O) groups excluding carboxylic acids is 1. The van der Waals surface area contributed by atoms with Crippen LogP contribution in [0.15, 0.2) is 48.5 Å². The average molecular weight is 367 g/mol. The van der Waals surface area contributed by atoms with Gasteiger partial charge in [-0.1, -0.05) is 35.9 Å². The molecule has 26 heavy (non-hydrogen) atoms. The number of para-hydroxylation sites is 2. The molecule has 0 unspecified atom stereocenters. The summed E-state index contributed by atoms with van der Waals surface area (Å²) in [4.78, 5) is 26.4. The molecule has 0 spiro atoms. The van der Waals surface area contributed by atoms with Crippen LogP contribution >= 0.6 is 11.6 Å². The van der Waals surface area contributed by atoms with Crippen molar-refractivity contribution in [2.75, 3.05) is 29.9 Å². The fraction of sp³-hybridized carbons (Fsp3) is 0.250. The Morgan fingerprint density at radius 2 is 1.65 bits per heavy atom. The lowest BCUT2D eigenvalue weighted by molar-refractivity contribution is -0.118. The molecule has 1 amide bonds. The van der Waals surface area contributed by atoms with E-state index >= 15 is 0 Å². The number of hydrogen-bond acceptors (Lipinski definition) is 4. The number of aromatic nitrogens is 2. The maximum Gasteiger partial charge on any atom is 0.232 e. The van der Waals surface area contributed by atoms with E-state index in [1.54, 1.807) is 4.90 Å². The molecule has 2 aromatic carbocycles. The van der Waals surface area contributed by atoms with Gasteiger partial charge in [-0.05, 0) is 36.2 Å². The van der Waals surface area contributed by atoms with Crippen LogP contribution < -0.4 is 9.80 Å². The van der Waals surface area contributed by atoms with Crippen LogP contribution in [0.5, 0.6) is 0 Å². The van der Waals surface area contributed by atoms with E-state index in [2.05, 4.69) is 4.90 Å². The molecule has 1 aromatic heterocycles. The third-order valence-electron chi connectivity index (χ3n) is 4.60. The Morgan fingerprint density at radius 1 is 1.00 bits per heavy atom. The number of nitrogens with zero attached hydrogens (tertiary/aromatic N) is 4. The van der Waals surface area contributed by atoms with Crippen molar-refractivity contribution in [1.82, 2.24) is 9.97 Å². The first-order chi connectivity index (χ1) is 12.6. The highest BCUT2D eigenvalue weighted by molar-refractivity contribution is 6.30. The van der Waals surface area contributed by atoms with Crippen molar-refractivity contribution in [3.8, 4) is 0 Å². The summed E-state index contributed by atoms with van der Waals surface area (Å²) in [5, 5.41) is 0.667. The third kappa shape index (κ3) is 3.22. The van der Waals surface area contributed by atoms with Gasteiger partial charge < -0.3 is 4.90 Å².